The molecule has 3 saturated heterocycles. The van der Waals surface area contributed by atoms with Crippen molar-refractivity contribution in [1.29, 1.82) is 0 Å². The highest BCUT2D eigenvalue weighted by molar-refractivity contribution is 6.05. The van der Waals surface area contributed by atoms with E-state index in [9.17, 15) is 14.4 Å². The van der Waals surface area contributed by atoms with E-state index in [2.05, 4.69) is 16.3 Å². The Kier molecular flexibility index (Phi) is 4.45. The Balaban J connectivity index is 1.30. The van der Waals surface area contributed by atoms with Crippen molar-refractivity contribution < 1.29 is 19.1 Å². The minimum Gasteiger partial charge on any atom is -0.372 e. The summed E-state index contributed by atoms with van der Waals surface area (Å²) >= 11 is 0. The third kappa shape index (κ3) is 3.06. The normalized spacial score (nSPS) is 31.9. The van der Waals surface area contributed by atoms with E-state index < -0.39 is 6.04 Å². The van der Waals surface area contributed by atoms with Gasteiger partial charge in [-0.25, -0.2) is 0 Å². The number of carbonyl (C=O) groups excluding carboxylic acids is 3. The lowest BCUT2D eigenvalue weighted by Gasteiger charge is -2.29. The van der Waals surface area contributed by atoms with Crippen LogP contribution in [0.2, 0.25) is 0 Å². The standard InChI is InChI=1S/C21H26N4O4/c22-11-21-12-24(10-15(21)5-6-29-21)8-13-1-2-14-9-25(20(28)16(14)7-13)17-3-4-18(26)23-19(17)27/h1-2,7,15,17H,3-6,8-12,22H2,(H,23,26,27)/t15-,17?,21+/m1/s1. The predicted octanol–water partition coefficient (Wildman–Crippen LogP) is -0.00280. The molecule has 4 heterocycles. The van der Waals surface area contributed by atoms with Crippen molar-refractivity contribution in [3.05, 3.63) is 34.9 Å². The van der Waals surface area contributed by atoms with Crippen LogP contribution >= 0.6 is 0 Å². The van der Waals surface area contributed by atoms with E-state index in [1.54, 1.807) is 4.90 Å². The summed E-state index contributed by atoms with van der Waals surface area (Å²) in [5.41, 5.74) is 8.47. The number of hydrogen-bond acceptors (Lipinski definition) is 6. The molecule has 0 aliphatic carbocycles. The molecule has 1 aromatic carbocycles. The van der Waals surface area contributed by atoms with Gasteiger partial charge in [0.25, 0.3) is 5.91 Å². The first-order chi connectivity index (χ1) is 14.0. The number of nitrogens with zero attached hydrogens (tertiary/aromatic N) is 2. The van der Waals surface area contributed by atoms with Gasteiger partial charge in [0.2, 0.25) is 11.8 Å². The molecule has 1 unspecified atom stereocenters. The van der Waals surface area contributed by atoms with Crippen LogP contribution in [0, 0.1) is 5.92 Å². The lowest BCUT2D eigenvalue weighted by atomic mass is 9.91. The van der Waals surface area contributed by atoms with Gasteiger partial charge >= 0.3 is 0 Å². The first kappa shape index (κ1) is 18.7. The molecular weight excluding hydrogens is 372 g/mol. The molecule has 1 aromatic rings. The highest BCUT2D eigenvalue weighted by atomic mass is 16.5. The summed E-state index contributed by atoms with van der Waals surface area (Å²) < 4.78 is 5.98. The lowest BCUT2D eigenvalue weighted by Crippen LogP contribution is -2.52. The highest BCUT2D eigenvalue weighted by Crippen LogP contribution is 2.39. The topological polar surface area (TPSA) is 105 Å². The Morgan fingerprint density at radius 1 is 1.24 bits per heavy atom. The van der Waals surface area contributed by atoms with Gasteiger partial charge in [-0.05, 0) is 30.0 Å². The molecule has 3 N–H and O–H groups in total. The average Bonchev–Trinajstić information content (AvgIpc) is 3.33. The van der Waals surface area contributed by atoms with Gasteiger partial charge in [0.15, 0.2) is 0 Å². The third-order valence-corrected chi connectivity index (χ3v) is 6.91. The fourth-order valence-corrected chi connectivity index (χ4v) is 5.34. The van der Waals surface area contributed by atoms with Crippen molar-refractivity contribution >= 4 is 17.7 Å². The van der Waals surface area contributed by atoms with Gasteiger partial charge in [0.1, 0.15) is 6.04 Å². The molecule has 4 aliphatic rings. The van der Waals surface area contributed by atoms with Crippen LogP contribution in [0.5, 0.6) is 0 Å². The molecule has 0 saturated carbocycles. The summed E-state index contributed by atoms with van der Waals surface area (Å²) in [5.74, 6) is -0.298. The monoisotopic (exact) mass is 398 g/mol. The van der Waals surface area contributed by atoms with E-state index >= 15 is 0 Å². The fraction of sp³-hybridized carbons (Fsp3) is 0.571. The minimum absolute atomic E-state index is 0.128. The number of likely N-dealkylation sites (tertiary alicyclic amines) is 1. The summed E-state index contributed by atoms with van der Waals surface area (Å²) in [6.45, 7) is 4.28. The number of benzene rings is 1. The quantitative estimate of drug-likeness (QED) is 0.692. The molecule has 3 atom stereocenters. The maximum absolute atomic E-state index is 13.0. The molecule has 3 amide bonds. The molecule has 3 fully saturated rings. The van der Waals surface area contributed by atoms with Crippen molar-refractivity contribution in [3.8, 4) is 0 Å². The second kappa shape index (κ2) is 6.90. The van der Waals surface area contributed by atoms with Crippen LogP contribution in [-0.4, -0.2) is 65.4 Å². The lowest BCUT2D eigenvalue weighted by molar-refractivity contribution is -0.136. The number of hydrogen-bond donors (Lipinski definition) is 2. The van der Waals surface area contributed by atoms with Crippen LogP contribution in [-0.2, 0) is 27.4 Å². The number of rotatable bonds is 4. The van der Waals surface area contributed by atoms with E-state index in [1.165, 1.54) is 0 Å². The fourth-order valence-electron chi connectivity index (χ4n) is 5.34. The van der Waals surface area contributed by atoms with Crippen LogP contribution in [0.25, 0.3) is 0 Å². The zero-order chi connectivity index (χ0) is 20.2. The Bertz CT molecular complexity index is 887. The van der Waals surface area contributed by atoms with Gasteiger partial charge < -0.3 is 15.4 Å². The first-order valence-corrected chi connectivity index (χ1v) is 10.3. The van der Waals surface area contributed by atoms with Crippen molar-refractivity contribution in [2.24, 2.45) is 11.7 Å². The van der Waals surface area contributed by atoms with Crippen molar-refractivity contribution in [2.45, 2.75) is 44.0 Å². The van der Waals surface area contributed by atoms with Crippen molar-refractivity contribution in [1.82, 2.24) is 15.1 Å². The number of carbonyl (C=O) groups is 3. The van der Waals surface area contributed by atoms with Gasteiger partial charge in [-0.15, -0.1) is 0 Å². The second-order valence-corrected chi connectivity index (χ2v) is 8.66. The molecule has 29 heavy (non-hydrogen) atoms. The molecule has 8 heteroatoms. The van der Waals surface area contributed by atoms with E-state index in [0.29, 0.717) is 31.0 Å². The van der Waals surface area contributed by atoms with E-state index in [-0.39, 0.29) is 29.7 Å². The first-order valence-electron chi connectivity index (χ1n) is 10.3. The number of fused-ring (bicyclic) bond motifs is 2. The molecule has 0 bridgehead atoms. The zero-order valence-corrected chi connectivity index (χ0v) is 16.4. The number of nitrogens with two attached hydrogens (primary N) is 1. The highest BCUT2D eigenvalue weighted by Gasteiger charge is 2.50. The van der Waals surface area contributed by atoms with Crippen molar-refractivity contribution in [2.75, 3.05) is 26.2 Å². The number of piperidine rings is 1. The van der Waals surface area contributed by atoms with Crippen LogP contribution in [0.15, 0.2) is 18.2 Å². The minimum atomic E-state index is -0.574. The number of amides is 3. The Morgan fingerprint density at radius 3 is 2.86 bits per heavy atom. The predicted molar refractivity (Wildman–Crippen MR) is 104 cm³/mol. The number of nitrogens with one attached hydrogen (secondary N) is 1. The second-order valence-electron chi connectivity index (χ2n) is 8.66. The Hall–Kier alpha value is -2.29. The average molecular weight is 398 g/mol. The summed E-state index contributed by atoms with van der Waals surface area (Å²) in [4.78, 5) is 40.5. The summed E-state index contributed by atoms with van der Waals surface area (Å²) in [5, 5.41) is 2.34. The van der Waals surface area contributed by atoms with Gasteiger partial charge in [-0.2, -0.15) is 0 Å². The van der Waals surface area contributed by atoms with Crippen LogP contribution < -0.4 is 11.1 Å². The molecule has 0 spiro atoms. The third-order valence-electron chi connectivity index (χ3n) is 6.91. The van der Waals surface area contributed by atoms with Crippen molar-refractivity contribution in [3.63, 3.8) is 0 Å². The molecule has 8 nitrogen and oxygen atoms in total. The van der Waals surface area contributed by atoms with E-state index in [1.807, 2.05) is 12.1 Å². The maximum atomic E-state index is 13.0. The van der Waals surface area contributed by atoms with Crippen LogP contribution in [0.3, 0.4) is 0 Å². The smallest absolute Gasteiger partial charge is 0.255 e. The zero-order valence-electron chi connectivity index (χ0n) is 16.4. The number of imide groups is 1. The van der Waals surface area contributed by atoms with Crippen LogP contribution in [0.4, 0.5) is 0 Å². The van der Waals surface area contributed by atoms with Crippen LogP contribution in [0.1, 0.15) is 40.7 Å². The molecule has 0 radical (unpaired) electrons. The molecule has 4 aliphatic heterocycles. The van der Waals surface area contributed by atoms with Gasteiger partial charge in [0, 0.05) is 57.2 Å². The van der Waals surface area contributed by atoms with Gasteiger partial charge in [-0.3, -0.25) is 24.6 Å². The summed E-state index contributed by atoms with van der Waals surface area (Å²) in [7, 11) is 0. The molecule has 154 valence electrons. The largest absolute Gasteiger partial charge is 0.372 e. The molecular formula is C21H26N4O4. The Labute approximate surface area is 169 Å². The van der Waals surface area contributed by atoms with E-state index in [0.717, 1.165) is 43.8 Å². The summed E-state index contributed by atoms with van der Waals surface area (Å²) in [6.07, 6.45) is 1.70. The van der Waals surface area contributed by atoms with Gasteiger partial charge in [0.05, 0.1) is 5.60 Å². The summed E-state index contributed by atoms with van der Waals surface area (Å²) in [6, 6.07) is 5.42. The molecule has 5 rings (SSSR count). The Morgan fingerprint density at radius 2 is 2.10 bits per heavy atom. The molecule has 0 aromatic heterocycles. The SMILES string of the molecule is NC[C@]12CN(Cc3ccc4c(c3)C(=O)N(C3CCC(=O)NC3=O)C4)C[C@H]1CCO2. The van der Waals surface area contributed by atoms with E-state index in [4.69, 9.17) is 10.5 Å². The van der Waals surface area contributed by atoms with Gasteiger partial charge in [-0.1, -0.05) is 12.1 Å². The maximum Gasteiger partial charge on any atom is 0.255 e. The number of ether oxygens (including phenoxy) is 1.